The van der Waals surface area contributed by atoms with E-state index in [9.17, 15) is 4.79 Å². The molecule has 0 saturated heterocycles. The van der Waals surface area contributed by atoms with Crippen LogP contribution in [-0.4, -0.2) is 43.1 Å². The summed E-state index contributed by atoms with van der Waals surface area (Å²) in [6.45, 7) is 2.41. The van der Waals surface area contributed by atoms with Crippen molar-refractivity contribution in [3.05, 3.63) is 53.0 Å². The molecule has 3 rings (SSSR count). The van der Waals surface area contributed by atoms with Gasteiger partial charge < -0.3 is 14.4 Å². The highest BCUT2D eigenvalue weighted by Gasteiger charge is 2.10. The molecule has 0 aliphatic carbocycles. The van der Waals surface area contributed by atoms with E-state index >= 15 is 0 Å². The number of thiazole rings is 1. The largest absolute Gasteiger partial charge is 0.490 e. The molecule has 0 atom stereocenters. The van der Waals surface area contributed by atoms with Gasteiger partial charge in [0.1, 0.15) is 5.01 Å². The number of amides is 1. The lowest BCUT2D eigenvalue weighted by Gasteiger charge is -2.14. The molecule has 3 aromatic rings. The maximum absolute atomic E-state index is 11.7. The summed E-state index contributed by atoms with van der Waals surface area (Å²) in [7, 11) is 3.40. The molecule has 0 aliphatic rings. The molecule has 6 heteroatoms. The molecule has 0 unspecified atom stereocenters. The number of aromatic nitrogens is 1. The van der Waals surface area contributed by atoms with Crippen molar-refractivity contribution in [2.75, 3.05) is 27.3 Å². The first kappa shape index (κ1) is 18.9. The van der Waals surface area contributed by atoms with Crippen LogP contribution >= 0.6 is 11.3 Å². The van der Waals surface area contributed by atoms with E-state index < -0.39 is 0 Å². The smallest absolute Gasteiger partial charge is 0.259 e. The fourth-order valence-corrected chi connectivity index (χ4v) is 3.28. The zero-order chi connectivity index (χ0) is 19.2. The van der Waals surface area contributed by atoms with Gasteiger partial charge in [-0.25, -0.2) is 4.98 Å². The number of para-hydroxylation sites is 1. The van der Waals surface area contributed by atoms with Gasteiger partial charge in [0.15, 0.2) is 18.1 Å². The average Bonchev–Trinajstić information content (AvgIpc) is 3.08. The molecular formula is C21H22N2O3S. The molecule has 1 amide bonds. The van der Waals surface area contributed by atoms with E-state index in [0.717, 1.165) is 16.1 Å². The van der Waals surface area contributed by atoms with Gasteiger partial charge in [-0.05, 0) is 42.8 Å². The molecule has 1 heterocycles. The highest BCUT2D eigenvalue weighted by Crippen LogP contribution is 2.30. The fraction of sp³-hybridized carbons (Fsp3) is 0.238. The van der Waals surface area contributed by atoms with Gasteiger partial charge >= 0.3 is 0 Å². The Morgan fingerprint density at radius 2 is 1.93 bits per heavy atom. The van der Waals surface area contributed by atoms with Crippen LogP contribution in [0.1, 0.15) is 17.5 Å². The van der Waals surface area contributed by atoms with E-state index in [-0.39, 0.29) is 12.5 Å². The minimum atomic E-state index is -0.0998. The zero-order valence-corrected chi connectivity index (χ0v) is 16.5. The lowest BCUT2D eigenvalue weighted by Crippen LogP contribution is -2.27. The van der Waals surface area contributed by atoms with E-state index in [1.807, 2.05) is 55.5 Å². The van der Waals surface area contributed by atoms with Gasteiger partial charge in [0.25, 0.3) is 5.91 Å². The van der Waals surface area contributed by atoms with E-state index in [1.54, 1.807) is 25.4 Å². The van der Waals surface area contributed by atoms with Crippen molar-refractivity contribution < 1.29 is 14.3 Å². The minimum absolute atomic E-state index is 0.0199. The number of hydrogen-bond acceptors (Lipinski definition) is 5. The van der Waals surface area contributed by atoms with Gasteiger partial charge in [-0.1, -0.05) is 24.3 Å². The number of rotatable bonds is 7. The quantitative estimate of drug-likeness (QED) is 0.610. The monoisotopic (exact) mass is 382 g/mol. The summed E-state index contributed by atoms with van der Waals surface area (Å²) in [6.07, 6.45) is 3.99. The third-order valence-electron chi connectivity index (χ3n) is 3.85. The van der Waals surface area contributed by atoms with Crippen molar-refractivity contribution in [3.63, 3.8) is 0 Å². The van der Waals surface area contributed by atoms with Crippen LogP contribution in [0.4, 0.5) is 0 Å². The Bertz CT molecular complexity index is 930. The van der Waals surface area contributed by atoms with Gasteiger partial charge in [-0.3, -0.25) is 4.79 Å². The molecule has 0 saturated carbocycles. The summed E-state index contributed by atoms with van der Waals surface area (Å²) < 4.78 is 12.5. The predicted octanol–water partition coefficient (Wildman–Crippen LogP) is 4.33. The van der Waals surface area contributed by atoms with Crippen LogP contribution in [0.3, 0.4) is 0 Å². The molecule has 5 nitrogen and oxygen atoms in total. The minimum Gasteiger partial charge on any atom is -0.490 e. The number of nitrogens with zero attached hydrogens (tertiary/aromatic N) is 2. The highest BCUT2D eigenvalue weighted by molar-refractivity contribution is 7.19. The van der Waals surface area contributed by atoms with Gasteiger partial charge in [-0.15, -0.1) is 11.3 Å². The molecule has 0 fully saturated rings. The Kier molecular flexibility index (Phi) is 6.08. The SMILES string of the molecule is CCOc1cc(/C=C/c2nc3ccccc3s2)ccc1OCC(=O)N(C)C. The Labute approximate surface area is 162 Å². The lowest BCUT2D eigenvalue weighted by atomic mass is 10.2. The molecule has 140 valence electrons. The first-order valence-corrected chi connectivity index (χ1v) is 9.52. The number of benzene rings is 2. The second kappa shape index (κ2) is 8.68. The molecular weight excluding hydrogens is 360 g/mol. The van der Waals surface area contributed by atoms with Crippen LogP contribution in [-0.2, 0) is 4.79 Å². The van der Waals surface area contributed by atoms with Gasteiger partial charge in [0.05, 0.1) is 16.8 Å². The van der Waals surface area contributed by atoms with Crippen LogP contribution in [0.15, 0.2) is 42.5 Å². The maximum atomic E-state index is 11.7. The van der Waals surface area contributed by atoms with Crippen molar-refractivity contribution in [1.29, 1.82) is 0 Å². The zero-order valence-electron chi connectivity index (χ0n) is 15.6. The molecule has 1 aromatic heterocycles. The first-order valence-electron chi connectivity index (χ1n) is 8.70. The molecule has 0 aliphatic heterocycles. The van der Waals surface area contributed by atoms with Crippen molar-refractivity contribution in [3.8, 4) is 11.5 Å². The number of carbonyl (C=O) groups excluding carboxylic acids is 1. The molecule has 0 radical (unpaired) electrons. The Hall–Kier alpha value is -2.86. The van der Waals surface area contributed by atoms with Crippen molar-refractivity contribution >= 4 is 39.6 Å². The van der Waals surface area contributed by atoms with Crippen LogP contribution in [0.25, 0.3) is 22.4 Å². The van der Waals surface area contributed by atoms with Crippen LogP contribution in [0.5, 0.6) is 11.5 Å². The van der Waals surface area contributed by atoms with E-state index in [2.05, 4.69) is 11.1 Å². The molecule has 27 heavy (non-hydrogen) atoms. The Balaban J connectivity index is 1.77. The molecule has 2 aromatic carbocycles. The van der Waals surface area contributed by atoms with E-state index in [1.165, 1.54) is 9.60 Å². The second-order valence-corrected chi connectivity index (χ2v) is 7.13. The van der Waals surface area contributed by atoms with Crippen molar-refractivity contribution in [1.82, 2.24) is 9.88 Å². The number of likely N-dealkylation sites (N-methyl/N-ethyl adjacent to an activating group) is 1. The number of hydrogen-bond donors (Lipinski definition) is 0. The van der Waals surface area contributed by atoms with Crippen molar-refractivity contribution in [2.24, 2.45) is 0 Å². The topological polar surface area (TPSA) is 51.7 Å². The summed E-state index contributed by atoms with van der Waals surface area (Å²) in [5.41, 5.74) is 1.98. The molecule has 0 bridgehead atoms. The summed E-state index contributed by atoms with van der Waals surface area (Å²) in [5, 5.41) is 0.950. The highest BCUT2D eigenvalue weighted by atomic mass is 32.1. The molecule has 0 spiro atoms. The maximum Gasteiger partial charge on any atom is 0.259 e. The number of fused-ring (bicyclic) bond motifs is 1. The normalized spacial score (nSPS) is 11.1. The van der Waals surface area contributed by atoms with Gasteiger partial charge in [0, 0.05) is 14.1 Å². The van der Waals surface area contributed by atoms with E-state index in [0.29, 0.717) is 18.1 Å². The van der Waals surface area contributed by atoms with Crippen LogP contribution < -0.4 is 9.47 Å². The van der Waals surface area contributed by atoms with Gasteiger partial charge in [0.2, 0.25) is 0 Å². The molecule has 0 N–H and O–H groups in total. The summed E-state index contributed by atoms with van der Waals surface area (Å²) >= 11 is 1.65. The fourth-order valence-electron chi connectivity index (χ4n) is 2.41. The summed E-state index contributed by atoms with van der Waals surface area (Å²) in [6, 6.07) is 13.7. The first-order chi connectivity index (χ1) is 13.1. The van der Waals surface area contributed by atoms with Crippen LogP contribution in [0, 0.1) is 0 Å². The number of carbonyl (C=O) groups is 1. The Morgan fingerprint density at radius 1 is 1.11 bits per heavy atom. The Morgan fingerprint density at radius 3 is 2.67 bits per heavy atom. The summed E-state index contributed by atoms with van der Waals surface area (Å²) in [5.74, 6) is 1.08. The predicted molar refractivity (Wildman–Crippen MR) is 110 cm³/mol. The van der Waals surface area contributed by atoms with Crippen molar-refractivity contribution in [2.45, 2.75) is 6.92 Å². The van der Waals surface area contributed by atoms with E-state index in [4.69, 9.17) is 9.47 Å². The average molecular weight is 382 g/mol. The number of ether oxygens (including phenoxy) is 2. The standard InChI is InChI=1S/C21H22N2O3S/c1-4-25-18-13-15(9-11-17(18)26-14-21(24)23(2)3)10-12-20-22-16-7-5-6-8-19(16)27-20/h5-13H,4,14H2,1-3H3/b12-10+. The third kappa shape index (κ3) is 4.86. The summed E-state index contributed by atoms with van der Waals surface area (Å²) in [4.78, 5) is 17.8. The second-order valence-electron chi connectivity index (χ2n) is 6.07. The van der Waals surface area contributed by atoms with Gasteiger partial charge in [-0.2, -0.15) is 0 Å². The lowest BCUT2D eigenvalue weighted by molar-refractivity contribution is -0.130. The van der Waals surface area contributed by atoms with Crippen LogP contribution in [0.2, 0.25) is 0 Å². The third-order valence-corrected chi connectivity index (χ3v) is 4.85.